The van der Waals surface area contributed by atoms with Crippen LogP contribution in [0.1, 0.15) is 11.4 Å². The quantitative estimate of drug-likeness (QED) is 0.882. The maximum atomic E-state index is 11.5. The van der Waals surface area contributed by atoms with Crippen molar-refractivity contribution in [1.29, 1.82) is 0 Å². The minimum Gasteiger partial charge on any atom is -0.390 e. The van der Waals surface area contributed by atoms with Crippen molar-refractivity contribution >= 4 is 11.6 Å². The Morgan fingerprint density at radius 3 is 2.82 bits per heavy atom. The van der Waals surface area contributed by atoms with Gasteiger partial charge in [0.05, 0.1) is 12.3 Å². The maximum Gasteiger partial charge on any atom is 0.206 e. The molecule has 1 heterocycles. The van der Waals surface area contributed by atoms with Gasteiger partial charge in [0, 0.05) is 16.8 Å². The van der Waals surface area contributed by atoms with E-state index in [1.54, 1.807) is 29.8 Å². The summed E-state index contributed by atoms with van der Waals surface area (Å²) >= 11 is 5.90. The van der Waals surface area contributed by atoms with Crippen LogP contribution in [0.2, 0.25) is 5.02 Å². The van der Waals surface area contributed by atoms with Gasteiger partial charge in [-0.05, 0) is 25.1 Å². The fraction of sp³-hybridized carbons (Fsp3) is 0.167. The standard InChI is InChI=1S/C12H11ClN2O2/c1-8-5-12(17)11(7-16)14-15(8)10-4-2-3-9(13)6-10/h2-6,16H,7H2,1H3. The Balaban J connectivity index is 2.63. The highest BCUT2D eigenvalue weighted by Crippen LogP contribution is 2.14. The summed E-state index contributed by atoms with van der Waals surface area (Å²) in [6.45, 7) is 1.40. The van der Waals surface area contributed by atoms with Gasteiger partial charge < -0.3 is 5.11 Å². The van der Waals surface area contributed by atoms with Crippen LogP contribution in [0.15, 0.2) is 35.1 Å². The van der Waals surface area contributed by atoms with Crippen LogP contribution in [0.3, 0.4) is 0 Å². The first-order chi connectivity index (χ1) is 8.11. The van der Waals surface area contributed by atoms with Gasteiger partial charge >= 0.3 is 0 Å². The van der Waals surface area contributed by atoms with Crippen LogP contribution < -0.4 is 5.43 Å². The van der Waals surface area contributed by atoms with Crippen molar-refractivity contribution in [2.24, 2.45) is 0 Å². The number of rotatable bonds is 2. The van der Waals surface area contributed by atoms with E-state index in [9.17, 15) is 4.79 Å². The summed E-state index contributed by atoms with van der Waals surface area (Å²) in [5.74, 6) is 0. The largest absolute Gasteiger partial charge is 0.390 e. The lowest BCUT2D eigenvalue weighted by molar-refractivity contribution is 0.273. The molecule has 0 aliphatic heterocycles. The lowest BCUT2D eigenvalue weighted by atomic mass is 10.3. The number of aryl methyl sites for hydroxylation is 1. The Hall–Kier alpha value is -1.65. The zero-order valence-electron chi connectivity index (χ0n) is 9.22. The topological polar surface area (TPSA) is 55.1 Å². The molecule has 0 amide bonds. The number of aliphatic hydroxyl groups is 1. The number of aliphatic hydroxyl groups excluding tert-OH is 1. The van der Waals surface area contributed by atoms with Crippen LogP contribution in [0.25, 0.3) is 5.69 Å². The van der Waals surface area contributed by atoms with Gasteiger partial charge in [-0.25, -0.2) is 4.68 Å². The highest BCUT2D eigenvalue weighted by Gasteiger charge is 2.06. The first kappa shape index (κ1) is 11.8. The molecule has 0 unspecified atom stereocenters. The van der Waals surface area contributed by atoms with Gasteiger partial charge in [-0.1, -0.05) is 17.7 Å². The van der Waals surface area contributed by atoms with Crippen molar-refractivity contribution in [3.05, 3.63) is 57.0 Å². The zero-order valence-corrected chi connectivity index (χ0v) is 9.98. The van der Waals surface area contributed by atoms with E-state index in [1.165, 1.54) is 6.07 Å². The van der Waals surface area contributed by atoms with Crippen molar-refractivity contribution in [3.63, 3.8) is 0 Å². The maximum absolute atomic E-state index is 11.5. The summed E-state index contributed by atoms with van der Waals surface area (Å²) in [6.07, 6.45) is 0. The second-order valence-corrected chi connectivity index (χ2v) is 4.08. The Kier molecular flexibility index (Phi) is 3.26. The van der Waals surface area contributed by atoms with E-state index >= 15 is 0 Å². The molecule has 0 saturated carbocycles. The van der Waals surface area contributed by atoms with Gasteiger partial charge in [-0.15, -0.1) is 0 Å². The Bertz CT molecular complexity index is 608. The van der Waals surface area contributed by atoms with E-state index in [0.29, 0.717) is 10.7 Å². The molecule has 2 aromatic rings. The summed E-state index contributed by atoms with van der Waals surface area (Å²) in [6, 6.07) is 8.58. The molecular weight excluding hydrogens is 240 g/mol. The zero-order chi connectivity index (χ0) is 12.4. The number of benzene rings is 1. The summed E-state index contributed by atoms with van der Waals surface area (Å²) in [5.41, 5.74) is 1.30. The number of nitrogens with zero attached hydrogens (tertiary/aromatic N) is 2. The minimum absolute atomic E-state index is 0.121. The molecule has 4 nitrogen and oxygen atoms in total. The molecule has 1 N–H and O–H groups in total. The average Bonchev–Trinajstić information content (AvgIpc) is 2.29. The van der Waals surface area contributed by atoms with Crippen molar-refractivity contribution in [1.82, 2.24) is 9.78 Å². The monoisotopic (exact) mass is 250 g/mol. The number of halogens is 1. The van der Waals surface area contributed by atoms with Crippen LogP contribution in [-0.4, -0.2) is 14.9 Å². The molecule has 5 heteroatoms. The van der Waals surface area contributed by atoms with Gasteiger partial charge in [0.1, 0.15) is 5.69 Å². The van der Waals surface area contributed by atoms with Gasteiger partial charge in [0.25, 0.3) is 0 Å². The molecule has 0 radical (unpaired) electrons. The van der Waals surface area contributed by atoms with Crippen molar-refractivity contribution in [2.45, 2.75) is 13.5 Å². The van der Waals surface area contributed by atoms with Crippen molar-refractivity contribution < 1.29 is 5.11 Å². The summed E-state index contributed by atoms with van der Waals surface area (Å²) in [5, 5.41) is 13.7. The van der Waals surface area contributed by atoms with Gasteiger partial charge in [0.2, 0.25) is 5.43 Å². The molecule has 2 rings (SSSR count). The van der Waals surface area contributed by atoms with Crippen molar-refractivity contribution in [2.75, 3.05) is 0 Å². The fourth-order valence-corrected chi connectivity index (χ4v) is 1.75. The molecular formula is C12H11ClN2O2. The second kappa shape index (κ2) is 4.69. The molecule has 0 aliphatic rings. The molecule has 0 aliphatic carbocycles. The Morgan fingerprint density at radius 2 is 2.18 bits per heavy atom. The third-order valence-electron chi connectivity index (χ3n) is 2.38. The molecule has 1 aromatic heterocycles. The van der Waals surface area contributed by atoms with E-state index in [0.717, 1.165) is 5.69 Å². The lowest BCUT2D eigenvalue weighted by Crippen LogP contribution is -2.18. The third kappa shape index (κ3) is 2.38. The van der Waals surface area contributed by atoms with Crippen LogP contribution in [0.5, 0.6) is 0 Å². The Morgan fingerprint density at radius 1 is 1.41 bits per heavy atom. The highest BCUT2D eigenvalue weighted by atomic mass is 35.5. The Labute approximate surface area is 103 Å². The first-order valence-electron chi connectivity index (χ1n) is 5.08. The van der Waals surface area contributed by atoms with Gasteiger partial charge in [0.15, 0.2) is 0 Å². The second-order valence-electron chi connectivity index (χ2n) is 3.65. The van der Waals surface area contributed by atoms with Crippen LogP contribution in [-0.2, 0) is 6.61 Å². The average molecular weight is 251 g/mol. The molecule has 0 bridgehead atoms. The van der Waals surface area contributed by atoms with E-state index < -0.39 is 0 Å². The van der Waals surface area contributed by atoms with Crippen molar-refractivity contribution in [3.8, 4) is 5.69 Å². The highest BCUT2D eigenvalue weighted by molar-refractivity contribution is 6.30. The fourth-order valence-electron chi connectivity index (χ4n) is 1.56. The smallest absolute Gasteiger partial charge is 0.206 e. The molecule has 0 atom stereocenters. The van der Waals surface area contributed by atoms with Crippen LogP contribution in [0.4, 0.5) is 0 Å². The molecule has 1 aromatic carbocycles. The predicted molar refractivity (Wildman–Crippen MR) is 65.5 cm³/mol. The summed E-state index contributed by atoms with van der Waals surface area (Å²) in [7, 11) is 0. The van der Waals surface area contributed by atoms with Gasteiger partial charge in [-0.3, -0.25) is 4.79 Å². The molecule has 0 fully saturated rings. The van der Waals surface area contributed by atoms with Crippen LogP contribution in [0, 0.1) is 6.92 Å². The molecule has 88 valence electrons. The lowest BCUT2D eigenvalue weighted by Gasteiger charge is -2.10. The number of hydrogen-bond acceptors (Lipinski definition) is 3. The SMILES string of the molecule is Cc1cc(=O)c(CO)nn1-c1cccc(Cl)c1. The predicted octanol–water partition coefficient (Wildman–Crippen LogP) is 1.69. The molecule has 17 heavy (non-hydrogen) atoms. The van der Waals surface area contributed by atoms with Crippen LogP contribution >= 0.6 is 11.6 Å². The van der Waals surface area contributed by atoms with Gasteiger partial charge in [-0.2, -0.15) is 5.10 Å². The number of hydrogen-bond donors (Lipinski definition) is 1. The van der Waals surface area contributed by atoms with E-state index in [-0.39, 0.29) is 17.7 Å². The molecule has 0 saturated heterocycles. The molecule has 0 spiro atoms. The van der Waals surface area contributed by atoms with E-state index in [4.69, 9.17) is 16.7 Å². The summed E-state index contributed by atoms with van der Waals surface area (Å²) in [4.78, 5) is 11.5. The van der Waals surface area contributed by atoms with E-state index in [1.807, 2.05) is 6.07 Å². The number of aromatic nitrogens is 2. The minimum atomic E-state index is -0.375. The third-order valence-corrected chi connectivity index (χ3v) is 2.62. The first-order valence-corrected chi connectivity index (χ1v) is 5.46. The normalized spacial score (nSPS) is 10.5. The van der Waals surface area contributed by atoms with E-state index in [2.05, 4.69) is 5.10 Å². The summed E-state index contributed by atoms with van der Waals surface area (Å²) < 4.78 is 1.58.